The van der Waals surface area contributed by atoms with Crippen LogP contribution in [0.5, 0.6) is 0 Å². The van der Waals surface area contributed by atoms with E-state index in [1.165, 1.54) is 4.90 Å². The normalized spacial score (nSPS) is 19.1. The Labute approximate surface area is 77.5 Å². The first kappa shape index (κ1) is 9.98. The zero-order valence-electron chi connectivity index (χ0n) is 7.96. The summed E-state index contributed by atoms with van der Waals surface area (Å²) in [4.78, 5) is 23.4. The molecule has 1 aliphatic heterocycles. The van der Waals surface area contributed by atoms with Gasteiger partial charge in [0.25, 0.3) is 0 Å². The second kappa shape index (κ2) is 4.23. The second-order valence-electron chi connectivity index (χ2n) is 3.40. The van der Waals surface area contributed by atoms with Crippen LogP contribution in [0.3, 0.4) is 0 Å². The van der Waals surface area contributed by atoms with Crippen molar-refractivity contribution in [2.75, 3.05) is 26.7 Å². The van der Waals surface area contributed by atoms with Crippen molar-refractivity contribution in [1.29, 1.82) is 0 Å². The SMILES string of the molecule is CNCC(C)CN1CC(=O)NC1=O. The molecule has 0 saturated carbocycles. The fraction of sp³-hybridized carbons (Fsp3) is 0.750. The second-order valence-corrected chi connectivity index (χ2v) is 3.40. The maximum atomic E-state index is 11.1. The summed E-state index contributed by atoms with van der Waals surface area (Å²) in [5.41, 5.74) is 0. The third kappa shape index (κ3) is 2.69. The highest BCUT2D eigenvalue weighted by atomic mass is 16.2. The van der Waals surface area contributed by atoms with Crippen LogP contribution < -0.4 is 10.6 Å². The zero-order valence-corrected chi connectivity index (χ0v) is 7.96. The Bertz CT molecular complexity index is 217. The van der Waals surface area contributed by atoms with Gasteiger partial charge in [0.15, 0.2) is 0 Å². The van der Waals surface area contributed by atoms with Crippen LogP contribution in [0, 0.1) is 5.92 Å². The van der Waals surface area contributed by atoms with Crippen molar-refractivity contribution >= 4 is 11.9 Å². The van der Waals surface area contributed by atoms with E-state index in [2.05, 4.69) is 10.6 Å². The molecule has 0 aliphatic carbocycles. The number of urea groups is 1. The summed E-state index contributed by atoms with van der Waals surface area (Å²) in [5.74, 6) is 0.156. The van der Waals surface area contributed by atoms with Gasteiger partial charge < -0.3 is 10.2 Å². The van der Waals surface area contributed by atoms with Gasteiger partial charge in [-0.15, -0.1) is 0 Å². The van der Waals surface area contributed by atoms with Gasteiger partial charge in [0.1, 0.15) is 6.54 Å². The summed E-state index contributed by atoms with van der Waals surface area (Å²) >= 11 is 0. The van der Waals surface area contributed by atoms with Gasteiger partial charge in [-0.1, -0.05) is 6.92 Å². The van der Waals surface area contributed by atoms with Crippen molar-refractivity contribution < 1.29 is 9.59 Å². The summed E-state index contributed by atoms with van der Waals surface area (Å²) < 4.78 is 0. The van der Waals surface area contributed by atoms with Gasteiger partial charge in [-0.2, -0.15) is 0 Å². The van der Waals surface area contributed by atoms with Crippen molar-refractivity contribution in [3.63, 3.8) is 0 Å². The lowest BCUT2D eigenvalue weighted by molar-refractivity contribution is -0.118. The fourth-order valence-electron chi connectivity index (χ4n) is 1.42. The molecule has 0 spiro atoms. The summed E-state index contributed by atoms with van der Waals surface area (Å²) in [7, 11) is 1.87. The zero-order chi connectivity index (χ0) is 9.84. The predicted octanol–water partition coefficient (Wildman–Crippen LogP) is -0.606. The lowest BCUT2D eigenvalue weighted by Crippen LogP contribution is -2.34. The molecule has 5 heteroatoms. The Morgan fingerprint density at radius 3 is 2.77 bits per heavy atom. The Morgan fingerprint density at radius 2 is 2.31 bits per heavy atom. The summed E-state index contributed by atoms with van der Waals surface area (Å²) in [6.07, 6.45) is 0. The molecular weight excluding hydrogens is 170 g/mol. The van der Waals surface area contributed by atoms with Crippen LogP contribution in [-0.2, 0) is 4.79 Å². The van der Waals surface area contributed by atoms with Gasteiger partial charge >= 0.3 is 6.03 Å². The predicted molar refractivity (Wildman–Crippen MR) is 48.2 cm³/mol. The third-order valence-electron chi connectivity index (χ3n) is 1.95. The number of hydrogen-bond donors (Lipinski definition) is 2. The molecule has 1 fully saturated rings. The van der Waals surface area contributed by atoms with Gasteiger partial charge in [-0.05, 0) is 19.5 Å². The van der Waals surface area contributed by atoms with Crippen molar-refractivity contribution in [2.24, 2.45) is 5.92 Å². The average molecular weight is 185 g/mol. The number of carbonyl (C=O) groups excluding carboxylic acids is 2. The van der Waals surface area contributed by atoms with E-state index in [-0.39, 0.29) is 18.5 Å². The molecule has 0 aromatic carbocycles. The number of hydrogen-bond acceptors (Lipinski definition) is 3. The molecule has 1 unspecified atom stereocenters. The third-order valence-corrected chi connectivity index (χ3v) is 1.95. The average Bonchev–Trinajstić information content (AvgIpc) is 2.30. The molecular formula is C8H15N3O2. The smallest absolute Gasteiger partial charge is 0.319 e. The molecule has 0 bridgehead atoms. The molecule has 0 radical (unpaired) electrons. The van der Waals surface area contributed by atoms with Gasteiger partial charge in [-0.25, -0.2) is 4.79 Å². The van der Waals surface area contributed by atoms with Crippen LogP contribution >= 0.6 is 0 Å². The molecule has 0 aromatic rings. The molecule has 1 rings (SSSR count). The summed E-state index contributed by atoms with van der Waals surface area (Å²) in [6, 6.07) is -0.270. The van der Waals surface area contributed by atoms with Crippen LogP contribution in [0.1, 0.15) is 6.92 Å². The molecule has 0 aromatic heterocycles. The molecule has 1 aliphatic rings. The maximum Gasteiger partial charge on any atom is 0.324 e. The van der Waals surface area contributed by atoms with Crippen molar-refractivity contribution in [3.05, 3.63) is 0 Å². The topological polar surface area (TPSA) is 61.4 Å². The number of amides is 3. The highest BCUT2D eigenvalue weighted by molar-refractivity contribution is 6.01. The van der Waals surface area contributed by atoms with E-state index in [4.69, 9.17) is 0 Å². The quantitative estimate of drug-likeness (QED) is 0.575. The first-order chi connectivity index (χ1) is 6.13. The number of imide groups is 1. The number of nitrogens with one attached hydrogen (secondary N) is 2. The van der Waals surface area contributed by atoms with E-state index in [0.717, 1.165) is 6.54 Å². The molecule has 1 atom stereocenters. The Morgan fingerprint density at radius 1 is 1.62 bits per heavy atom. The maximum absolute atomic E-state index is 11.1. The monoisotopic (exact) mass is 185 g/mol. The Balaban J connectivity index is 2.36. The van der Waals surface area contributed by atoms with Crippen LogP contribution in [0.25, 0.3) is 0 Å². The minimum absolute atomic E-state index is 0.201. The van der Waals surface area contributed by atoms with Gasteiger partial charge in [0.05, 0.1) is 0 Å². The standard InChI is InChI=1S/C8H15N3O2/c1-6(3-9-2)4-11-5-7(12)10-8(11)13/h6,9H,3-5H2,1-2H3,(H,10,12,13). The van der Waals surface area contributed by atoms with E-state index < -0.39 is 0 Å². The van der Waals surface area contributed by atoms with Crippen LogP contribution in [0.15, 0.2) is 0 Å². The van der Waals surface area contributed by atoms with Crippen molar-refractivity contribution in [1.82, 2.24) is 15.5 Å². The van der Waals surface area contributed by atoms with Gasteiger partial charge in [-0.3, -0.25) is 10.1 Å². The Kier molecular flexibility index (Phi) is 3.25. The van der Waals surface area contributed by atoms with Crippen LogP contribution in [0.2, 0.25) is 0 Å². The van der Waals surface area contributed by atoms with E-state index in [1.807, 2.05) is 14.0 Å². The largest absolute Gasteiger partial charge is 0.324 e. The highest BCUT2D eigenvalue weighted by Crippen LogP contribution is 2.03. The lowest BCUT2D eigenvalue weighted by atomic mass is 10.2. The summed E-state index contributed by atoms with van der Waals surface area (Å²) in [6.45, 7) is 3.70. The summed E-state index contributed by atoms with van der Waals surface area (Å²) in [5, 5.41) is 5.27. The first-order valence-electron chi connectivity index (χ1n) is 4.37. The van der Waals surface area contributed by atoms with E-state index in [0.29, 0.717) is 12.5 Å². The number of nitrogens with zero attached hydrogens (tertiary/aromatic N) is 1. The van der Waals surface area contributed by atoms with Crippen LogP contribution in [-0.4, -0.2) is 43.5 Å². The highest BCUT2D eigenvalue weighted by Gasteiger charge is 2.27. The molecule has 3 amide bonds. The van der Waals surface area contributed by atoms with Gasteiger partial charge in [0.2, 0.25) is 5.91 Å². The van der Waals surface area contributed by atoms with Gasteiger partial charge in [0, 0.05) is 6.54 Å². The Hall–Kier alpha value is -1.10. The fourth-order valence-corrected chi connectivity index (χ4v) is 1.42. The number of rotatable bonds is 4. The van der Waals surface area contributed by atoms with E-state index >= 15 is 0 Å². The molecule has 1 saturated heterocycles. The molecule has 13 heavy (non-hydrogen) atoms. The minimum atomic E-state index is -0.270. The minimum Gasteiger partial charge on any atom is -0.319 e. The molecule has 2 N–H and O–H groups in total. The molecule has 5 nitrogen and oxygen atoms in total. The molecule has 74 valence electrons. The van der Waals surface area contributed by atoms with Crippen molar-refractivity contribution in [2.45, 2.75) is 6.92 Å². The lowest BCUT2D eigenvalue weighted by Gasteiger charge is -2.18. The first-order valence-corrected chi connectivity index (χ1v) is 4.37. The van der Waals surface area contributed by atoms with E-state index in [1.54, 1.807) is 0 Å². The van der Waals surface area contributed by atoms with Crippen molar-refractivity contribution in [3.8, 4) is 0 Å². The molecule has 1 heterocycles. The number of carbonyl (C=O) groups is 2. The van der Waals surface area contributed by atoms with E-state index in [9.17, 15) is 9.59 Å². The van der Waals surface area contributed by atoms with Crippen LogP contribution in [0.4, 0.5) is 4.79 Å².